The highest BCUT2D eigenvalue weighted by molar-refractivity contribution is 6.21. The normalized spacial score (nSPS) is 11.9. The Morgan fingerprint density at radius 2 is 0.708 bits per heavy atom. The lowest BCUT2D eigenvalue weighted by Crippen LogP contribution is -2.19. The Bertz CT molecular complexity index is 4070. The highest BCUT2D eigenvalue weighted by Gasteiger charge is 2.32. The lowest BCUT2D eigenvalue weighted by Gasteiger charge is -2.33. The van der Waals surface area contributed by atoms with Gasteiger partial charge in [0.2, 0.25) is 11.9 Å². The van der Waals surface area contributed by atoms with Crippen LogP contribution in [0.2, 0.25) is 0 Å². The maximum absolute atomic E-state index is 5.40. The molecule has 13 aromatic rings. The van der Waals surface area contributed by atoms with Crippen LogP contribution < -0.4 is 4.90 Å². The van der Waals surface area contributed by atoms with E-state index in [1.807, 2.05) is 121 Å². The standard InChI is InChI=1S/C64H40N8/c1-7-20-41(21-8-1)47-34-37-54-51(38-47)53-39-52-50-36-35-48(42-22-9-2-10-23-42)49-32-19-33-55(58(49)50)72(64-69-61(45-28-15-5-16-29-45)66-62(70-64)46-30-17-6-18-31-46)56(52)40-57(53)71(54)63-67-59(43-24-11-3-12-25-43)65-60(68-63)44-26-13-4-14-27-44/h1-40H. The van der Waals surface area contributed by atoms with E-state index in [0.29, 0.717) is 35.2 Å². The second-order valence-corrected chi connectivity index (χ2v) is 17.9. The summed E-state index contributed by atoms with van der Waals surface area (Å²) in [7, 11) is 0. The van der Waals surface area contributed by atoms with E-state index in [9.17, 15) is 0 Å². The molecule has 336 valence electrons. The molecule has 1 aliphatic heterocycles. The molecule has 8 heteroatoms. The number of hydrogen-bond donors (Lipinski definition) is 0. The predicted octanol–water partition coefficient (Wildman–Crippen LogP) is 15.8. The molecule has 0 unspecified atom stereocenters. The molecule has 72 heavy (non-hydrogen) atoms. The Hall–Kier alpha value is -9.92. The molecular weight excluding hydrogens is 881 g/mol. The molecule has 10 aromatic carbocycles. The van der Waals surface area contributed by atoms with Crippen LogP contribution in [-0.2, 0) is 0 Å². The van der Waals surface area contributed by atoms with Crippen LogP contribution in [0.4, 0.5) is 17.3 Å². The number of hydrogen-bond acceptors (Lipinski definition) is 7. The molecule has 3 aromatic heterocycles. The van der Waals surface area contributed by atoms with Gasteiger partial charge < -0.3 is 0 Å². The molecule has 0 atom stereocenters. The summed E-state index contributed by atoms with van der Waals surface area (Å²) in [4.78, 5) is 33.9. The molecule has 4 heterocycles. The summed E-state index contributed by atoms with van der Waals surface area (Å²) in [5.74, 6) is 3.32. The first-order valence-electron chi connectivity index (χ1n) is 24.0. The van der Waals surface area contributed by atoms with Gasteiger partial charge in [-0.1, -0.05) is 212 Å². The van der Waals surface area contributed by atoms with Crippen LogP contribution in [0.25, 0.3) is 117 Å². The van der Waals surface area contributed by atoms with Crippen LogP contribution >= 0.6 is 0 Å². The first-order chi connectivity index (χ1) is 35.7. The van der Waals surface area contributed by atoms with Crippen LogP contribution in [0, 0.1) is 0 Å². The Morgan fingerprint density at radius 1 is 0.250 bits per heavy atom. The summed E-state index contributed by atoms with van der Waals surface area (Å²) >= 11 is 0. The molecule has 0 aliphatic carbocycles. The first-order valence-corrected chi connectivity index (χ1v) is 24.0. The summed E-state index contributed by atoms with van der Waals surface area (Å²) < 4.78 is 2.20. The van der Waals surface area contributed by atoms with E-state index in [2.05, 4.69) is 131 Å². The maximum Gasteiger partial charge on any atom is 0.238 e. The van der Waals surface area contributed by atoms with E-state index >= 15 is 0 Å². The molecule has 0 saturated heterocycles. The average molecular weight is 921 g/mol. The fourth-order valence-electron chi connectivity index (χ4n) is 10.3. The van der Waals surface area contributed by atoms with Crippen LogP contribution in [0.1, 0.15) is 0 Å². The monoisotopic (exact) mass is 920 g/mol. The lowest BCUT2D eigenvalue weighted by molar-refractivity contribution is 0.953. The minimum Gasteiger partial charge on any atom is -0.278 e. The van der Waals surface area contributed by atoms with Crippen molar-refractivity contribution in [2.45, 2.75) is 0 Å². The van der Waals surface area contributed by atoms with E-state index in [-0.39, 0.29) is 0 Å². The van der Waals surface area contributed by atoms with Crippen LogP contribution in [0.3, 0.4) is 0 Å². The summed E-state index contributed by atoms with van der Waals surface area (Å²) in [6.07, 6.45) is 0. The van der Waals surface area contributed by atoms with Gasteiger partial charge >= 0.3 is 0 Å². The quantitative estimate of drug-likeness (QED) is 0.150. The maximum atomic E-state index is 5.40. The Morgan fingerprint density at radius 3 is 1.24 bits per heavy atom. The Balaban J connectivity index is 1.11. The zero-order valence-corrected chi connectivity index (χ0v) is 38.7. The number of rotatable bonds is 8. The number of aromatic nitrogens is 7. The molecule has 0 spiro atoms. The van der Waals surface area contributed by atoms with Gasteiger partial charge in [-0.05, 0) is 63.5 Å². The van der Waals surface area contributed by atoms with Crippen molar-refractivity contribution in [3.8, 4) is 84.9 Å². The Kier molecular flexibility index (Phi) is 9.67. The first kappa shape index (κ1) is 41.1. The molecule has 1 aliphatic rings. The van der Waals surface area contributed by atoms with Gasteiger partial charge in [0.15, 0.2) is 23.3 Å². The van der Waals surface area contributed by atoms with Crippen molar-refractivity contribution >= 4 is 49.9 Å². The van der Waals surface area contributed by atoms with Crippen molar-refractivity contribution in [2.24, 2.45) is 0 Å². The minimum atomic E-state index is 0.499. The third kappa shape index (κ3) is 6.92. The van der Waals surface area contributed by atoms with Gasteiger partial charge in [-0.15, -0.1) is 0 Å². The van der Waals surface area contributed by atoms with Crippen LogP contribution in [0.5, 0.6) is 0 Å². The fraction of sp³-hybridized carbons (Fsp3) is 0. The molecule has 0 bridgehead atoms. The zero-order valence-electron chi connectivity index (χ0n) is 38.7. The molecule has 8 nitrogen and oxygen atoms in total. The van der Waals surface area contributed by atoms with Gasteiger partial charge in [0, 0.05) is 44.0 Å². The van der Waals surface area contributed by atoms with E-state index in [0.717, 1.165) is 99.6 Å². The molecule has 14 rings (SSSR count). The predicted molar refractivity (Wildman–Crippen MR) is 291 cm³/mol. The van der Waals surface area contributed by atoms with Gasteiger partial charge in [0.1, 0.15) is 0 Å². The zero-order chi connectivity index (χ0) is 47.5. The molecule has 0 fully saturated rings. The van der Waals surface area contributed by atoms with Crippen LogP contribution in [-0.4, -0.2) is 34.5 Å². The molecular formula is C64H40N8. The lowest BCUT2D eigenvalue weighted by atomic mass is 9.87. The van der Waals surface area contributed by atoms with Gasteiger partial charge in [-0.3, -0.25) is 9.47 Å². The summed E-state index contributed by atoms with van der Waals surface area (Å²) in [6.45, 7) is 0. The minimum absolute atomic E-state index is 0.499. The van der Waals surface area contributed by atoms with E-state index < -0.39 is 0 Å². The smallest absolute Gasteiger partial charge is 0.238 e. The molecule has 0 N–H and O–H groups in total. The van der Waals surface area contributed by atoms with E-state index in [1.54, 1.807) is 0 Å². The van der Waals surface area contributed by atoms with Crippen molar-refractivity contribution in [1.29, 1.82) is 0 Å². The molecule has 0 saturated carbocycles. The van der Waals surface area contributed by atoms with Crippen molar-refractivity contribution in [2.75, 3.05) is 4.90 Å². The van der Waals surface area contributed by atoms with Crippen molar-refractivity contribution in [3.63, 3.8) is 0 Å². The summed E-state index contributed by atoms with van der Waals surface area (Å²) in [5, 5.41) is 4.36. The SMILES string of the molecule is c1ccc(-c2ccc3c(c2)c2cc4c(cc2n3-c2nc(-c3ccccc3)nc(-c3ccccc3)n2)N(c2nc(-c3ccccc3)nc(-c3ccccc3)n2)c2cccc3c(-c5ccccc5)ccc-4c23)cc1. The van der Waals surface area contributed by atoms with Crippen LogP contribution in [0.15, 0.2) is 243 Å². The summed E-state index contributed by atoms with van der Waals surface area (Å²) in [5.41, 5.74) is 14.0. The number of nitrogens with zero attached hydrogens (tertiary/aromatic N) is 8. The third-order valence-corrected chi connectivity index (χ3v) is 13.6. The summed E-state index contributed by atoms with van der Waals surface area (Å²) in [6, 6.07) is 84.2. The second kappa shape index (κ2) is 16.9. The third-order valence-electron chi connectivity index (χ3n) is 13.6. The highest BCUT2D eigenvalue weighted by Crippen LogP contribution is 2.54. The van der Waals surface area contributed by atoms with E-state index in [4.69, 9.17) is 29.9 Å². The molecule has 0 amide bonds. The van der Waals surface area contributed by atoms with Crippen molar-refractivity contribution < 1.29 is 0 Å². The Labute approximate surface area is 414 Å². The largest absolute Gasteiger partial charge is 0.278 e. The van der Waals surface area contributed by atoms with Gasteiger partial charge in [0.25, 0.3) is 0 Å². The number of benzene rings is 10. The van der Waals surface area contributed by atoms with Gasteiger partial charge in [-0.2, -0.15) is 19.9 Å². The number of fused-ring (bicyclic) bond motifs is 5. The highest BCUT2D eigenvalue weighted by atomic mass is 15.3. The molecule has 0 radical (unpaired) electrons. The van der Waals surface area contributed by atoms with Crippen molar-refractivity contribution in [1.82, 2.24) is 34.5 Å². The number of anilines is 3. The van der Waals surface area contributed by atoms with Gasteiger partial charge in [0.05, 0.1) is 22.4 Å². The fourth-order valence-corrected chi connectivity index (χ4v) is 10.3. The topological polar surface area (TPSA) is 85.5 Å². The van der Waals surface area contributed by atoms with E-state index in [1.165, 1.54) is 0 Å². The van der Waals surface area contributed by atoms with Crippen molar-refractivity contribution in [3.05, 3.63) is 243 Å². The second-order valence-electron chi connectivity index (χ2n) is 17.9. The average Bonchev–Trinajstić information content (AvgIpc) is 3.78. The van der Waals surface area contributed by atoms with Gasteiger partial charge in [-0.25, -0.2) is 9.97 Å².